The van der Waals surface area contributed by atoms with E-state index in [1.54, 1.807) is 29.7 Å². The summed E-state index contributed by atoms with van der Waals surface area (Å²) in [6, 6.07) is 36.4. The lowest BCUT2D eigenvalue weighted by Crippen LogP contribution is -2.60. The van der Waals surface area contributed by atoms with Crippen molar-refractivity contribution in [1.82, 2.24) is 4.98 Å². The van der Waals surface area contributed by atoms with Crippen molar-refractivity contribution in [1.29, 1.82) is 0 Å². The van der Waals surface area contributed by atoms with Crippen molar-refractivity contribution < 1.29 is 23.7 Å². The van der Waals surface area contributed by atoms with Crippen LogP contribution in [0.4, 0.5) is 0 Å². The summed E-state index contributed by atoms with van der Waals surface area (Å²) in [6.07, 6.45) is -0.00983. The summed E-state index contributed by atoms with van der Waals surface area (Å²) < 4.78 is 34.3. The Balaban J connectivity index is 1.29. The van der Waals surface area contributed by atoms with Crippen LogP contribution in [0.3, 0.4) is 0 Å². The lowest BCUT2D eigenvalue weighted by atomic mass is 9.99. The van der Waals surface area contributed by atoms with Crippen LogP contribution in [0.25, 0.3) is 0 Å². The van der Waals surface area contributed by atoms with Crippen molar-refractivity contribution in [3.8, 4) is 0 Å². The molecule has 0 aliphatic carbocycles. The monoisotopic (exact) mass is 642 g/mol. The highest BCUT2D eigenvalue weighted by Gasteiger charge is 2.49. The van der Waals surface area contributed by atoms with Crippen LogP contribution in [0.15, 0.2) is 120 Å². The molecule has 7 nitrogen and oxygen atoms in total. The molecule has 2 aliphatic rings. The zero-order valence-corrected chi connectivity index (χ0v) is 26.7. The van der Waals surface area contributed by atoms with E-state index in [1.165, 1.54) is 0 Å². The van der Waals surface area contributed by atoms with E-state index in [2.05, 4.69) is 41.4 Å². The average Bonchev–Trinajstić information content (AvgIpc) is 3.61. The van der Waals surface area contributed by atoms with E-state index in [0.717, 1.165) is 39.1 Å². The number of hydrogen-bond acceptors (Lipinski definition) is 9. The largest absolute Gasteiger partial charge is 0.374 e. The van der Waals surface area contributed by atoms with Gasteiger partial charge in [0.05, 0.1) is 45.3 Å². The van der Waals surface area contributed by atoms with Crippen molar-refractivity contribution in [3.63, 3.8) is 0 Å². The van der Waals surface area contributed by atoms with Gasteiger partial charge in [-0.2, -0.15) is 0 Å². The fraction of sp³-hybridized carbons (Fsp3) is 0.333. The van der Waals surface area contributed by atoms with Gasteiger partial charge in [0.1, 0.15) is 34.2 Å². The predicted molar refractivity (Wildman–Crippen MR) is 180 cm³/mol. The summed E-state index contributed by atoms with van der Waals surface area (Å²) in [7, 11) is 0. The molecule has 0 unspecified atom stereocenters. The molecule has 4 aromatic rings. The Kier molecular flexibility index (Phi) is 12.1. The van der Waals surface area contributed by atoms with E-state index in [4.69, 9.17) is 28.7 Å². The number of thioether (sulfide) groups is 2. The molecule has 1 saturated heterocycles. The number of rotatable bonds is 14. The molecule has 45 heavy (non-hydrogen) atoms. The normalized spacial score (nSPS) is 23.1. The lowest BCUT2D eigenvalue weighted by Gasteiger charge is -2.45. The Morgan fingerprint density at radius 1 is 0.667 bits per heavy atom. The Labute approximate surface area is 273 Å². The Bertz CT molecular complexity index is 1450. The maximum atomic E-state index is 6.86. The van der Waals surface area contributed by atoms with Crippen LogP contribution in [0, 0.1) is 0 Å². The number of aliphatic imine (C=N–C) groups is 1. The molecule has 5 atom stereocenters. The third kappa shape index (κ3) is 9.50. The van der Waals surface area contributed by atoms with Gasteiger partial charge in [-0.15, -0.1) is 0 Å². The summed E-state index contributed by atoms with van der Waals surface area (Å²) in [5.41, 5.74) is 3.70. The van der Waals surface area contributed by atoms with Crippen LogP contribution in [-0.2, 0) is 50.1 Å². The molecule has 0 amide bonds. The number of hydrogen-bond donors (Lipinski definition) is 0. The first-order valence-corrected chi connectivity index (χ1v) is 17.1. The van der Waals surface area contributed by atoms with Gasteiger partial charge in [0, 0.05) is 11.9 Å². The minimum absolute atomic E-state index is 0.317. The first-order chi connectivity index (χ1) is 22.3. The smallest absolute Gasteiger partial charge is 0.139 e. The zero-order valence-electron chi connectivity index (χ0n) is 25.1. The van der Waals surface area contributed by atoms with Crippen LogP contribution < -0.4 is 0 Å². The van der Waals surface area contributed by atoms with Gasteiger partial charge < -0.3 is 23.7 Å². The van der Waals surface area contributed by atoms with Gasteiger partial charge in [-0.1, -0.05) is 121 Å². The number of pyridine rings is 1. The number of benzene rings is 3. The molecule has 0 N–H and O–H groups in total. The maximum Gasteiger partial charge on any atom is 0.139 e. The molecule has 0 saturated carbocycles. The van der Waals surface area contributed by atoms with Crippen molar-refractivity contribution in [2.75, 3.05) is 18.9 Å². The first-order valence-electron chi connectivity index (χ1n) is 15.3. The van der Waals surface area contributed by atoms with Crippen molar-refractivity contribution >= 4 is 27.9 Å². The molecular formula is C36H38N2O5S2. The van der Waals surface area contributed by atoms with Crippen molar-refractivity contribution in [2.45, 2.75) is 56.3 Å². The molecular weight excluding hydrogens is 605 g/mol. The van der Waals surface area contributed by atoms with Crippen LogP contribution in [0.5, 0.6) is 0 Å². The minimum atomic E-state index is -0.464. The second-order valence-electron chi connectivity index (χ2n) is 10.8. The Hall–Kier alpha value is -3.02. The third-order valence-corrected chi connectivity index (χ3v) is 9.83. The molecule has 1 aromatic heterocycles. The molecule has 3 aromatic carbocycles. The van der Waals surface area contributed by atoms with Gasteiger partial charge in [0.2, 0.25) is 0 Å². The van der Waals surface area contributed by atoms with E-state index in [1.807, 2.05) is 72.8 Å². The first kappa shape index (κ1) is 31.9. The molecule has 0 radical (unpaired) electrons. The maximum absolute atomic E-state index is 6.86. The molecule has 2 aliphatic heterocycles. The molecule has 9 heteroatoms. The van der Waals surface area contributed by atoms with Crippen LogP contribution in [0.1, 0.15) is 22.4 Å². The van der Waals surface area contributed by atoms with Gasteiger partial charge in [0.15, 0.2) is 0 Å². The Morgan fingerprint density at radius 2 is 1.27 bits per heavy atom. The van der Waals surface area contributed by atoms with E-state index in [9.17, 15) is 0 Å². The van der Waals surface area contributed by atoms with Gasteiger partial charge in [-0.3, -0.25) is 9.98 Å². The zero-order chi connectivity index (χ0) is 30.5. The summed E-state index contributed by atoms with van der Waals surface area (Å²) in [5, 5.41) is 0. The molecule has 1 fully saturated rings. The number of ether oxygens (including phenoxy) is 5. The molecule has 234 valence electrons. The molecule has 0 bridgehead atoms. The topological polar surface area (TPSA) is 71.4 Å². The standard InChI is InChI=1S/C36H38N2O5S2/c1-4-12-27(13-5-1)22-39-26-31-32(40-23-28-14-6-2-7-15-28)33(41-24-29-16-8-3-9-17-29)34(42-25-30-18-10-11-19-37-30)35(43-31)45-36-38-20-21-44-36/h1-19,31-35H,20-26H2/t31-,32-,33+,34-,35+/m1/s1. The average molecular weight is 643 g/mol. The SMILES string of the molecule is c1ccc(COC[C@H]2O[C@@H](SC3=NCCS3)[C@H](OCc3ccccn3)[C@@H](OCc3ccccc3)[C@@H]2OCc2ccccc2)cc1. The van der Waals surface area contributed by atoms with E-state index in [-0.39, 0.29) is 5.44 Å². The lowest BCUT2D eigenvalue weighted by molar-refractivity contribution is -0.254. The summed E-state index contributed by atoms with van der Waals surface area (Å²) in [5.74, 6) is 0.967. The van der Waals surface area contributed by atoms with Crippen molar-refractivity contribution in [3.05, 3.63) is 138 Å². The fourth-order valence-corrected chi connectivity index (χ4v) is 7.50. The fourth-order valence-electron chi connectivity index (χ4n) is 5.23. The van der Waals surface area contributed by atoms with E-state index >= 15 is 0 Å². The van der Waals surface area contributed by atoms with Crippen LogP contribution in [0.2, 0.25) is 0 Å². The summed E-state index contributed by atoms with van der Waals surface area (Å²) in [4.78, 5) is 9.21. The number of aromatic nitrogens is 1. The minimum Gasteiger partial charge on any atom is -0.374 e. The van der Waals surface area contributed by atoms with Gasteiger partial charge >= 0.3 is 0 Å². The Morgan fingerprint density at radius 3 is 1.87 bits per heavy atom. The summed E-state index contributed by atoms with van der Waals surface area (Å²) >= 11 is 3.35. The van der Waals surface area contributed by atoms with Gasteiger partial charge in [0.25, 0.3) is 0 Å². The molecule has 6 rings (SSSR count). The summed E-state index contributed by atoms with van der Waals surface area (Å²) in [6.45, 7) is 2.75. The quantitative estimate of drug-likeness (QED) is 0.147. The highest BCUT2D eigenvalue weighted by Crippen LogP contribution is 2.38. The van der Waals surface area contributed by atoms with Crippen LogP contribution in [-0.4, -0.2) is 58.1 Å². The molecule has 0 spiro atoms. The van der Waals surface area contributed by atoms with Gasteiger partial charge in [-0.05, 0) is 28.8 Å². The molecule has 3 heterocycles. The highest BCUT2D eigenvalue weighted by atomic mass is 32.2. The number of nitrogens with zero attached hydrogens (tertiary/aromatic N) is 2. The van der Waals surface area contributed by atoms with Gasteiger partial charge in [-0.25, -0.2) is 0 Å². The second-order valence-corrected chi connectivity index (χ2v) is 13.2. The van der Waals surface area contributed by atoms with E-state index < -0.39 is 24.4 Å². The van der Waals surface area contributed by atoms with Crippen molar-refractivity contribution in [2.24, 2.45) is 4.99 Å². The highest BCUT2D eigenvalue weighted by molar-refractivity contribution is 8.39. The second kappa shape index (κ2) is 17.1. The predicted octanol–water partition coefficient (Wildman–Crippen LogP) is 6.92. The van der Waals surface area contributed by atoms with Crippen LogP contribution >= 0.6 is 23.5 Å². The van der Waals surface area contributed by atoms with E-state index in [0.29, 0.717) is 33.0 Å². The third-order valence-electron chi connectivity index (χ3n) is 7.48.